The minimum atomic E-state index is -4.15. The first kappa shape index (κ1) is 9.49. The molecule has 0 heterocycles. The van der Waals surface area contributed by atoms with Crippen molar-refractivity contribution in [3.05, 3.63) is 12.7 Å². The molecule has 0 aliphatic rings. The highest BCUT2D eigenvalue weighted by atomic mass is 19.4. The van der Waals surface area contributed by atoms with Crippen LogP contribution in [0.25, 0.3) is 0 Å². The van der Waals surface area contributed by atoms with Crippen LogP contribution in [0.15, 0.2) is 12.7 Å². The predicted molar refractivity (Wildman–Crippen MR) is 33.5 cm³/mol. The monoisotopic (exact) mass is 153 g/mol. The van der Waals surface area contributed by atoms with E-state index in [2.05, 4.69) is 6.58 Å². The average Bonchev–Trinajstić information content (AvgIpc) is 1.59. The number of rotatable bonds is 3. The van der Waals surface area contributed by atoms with Crippen LogP contribution < -0.4 is 5.73 Å². The van der Waals surface area contributed by atoms with Gasteiger partial charge in [-0.15, -0.1) is 6.58 Å². The first-order chi connectivity index (χ1) is 4.45. The van der Waals surface area contributed by atoms with Crippen LogP contribution in [0.4, 0.5) is 13.2 Å². The van der Waals surface area contributed by atoms with Crippen molar-refractivity contribution >= 4 is 0 Å². The molecular weight excluding hydrogens is 143 g/mol. The summed E-state index contributed by atoms with van der Waals surface area (Å²) in [6.07, 6.45) is -3.49. The van der Waals surface area contributed by atoms with E-state index in [1.807, 2.05) is 0 Å². The molecule has 0 aromatic rings. The van der Waals surface area contributed by atoms with Crippen molar-refractivity contribution in [3.8, 4) is 0 Å². The molecule has 0 aromatic heterocycles. The molecule has 10 heavy (non-hydrogen) atoms. The molecule has 0 spiro atoms. The van der Waals surface area contributed by atoms with Gasteiger partial charge in [0.25, 0.3) is 0 Å². The zero-order chi connectivity index (χ0) is 8.20. The Kier molecular flexibility index (Phi) is 3.42. The Hall–Kier alpha value is -0.510. The number of hydrogen-bond acceptors (Lipinski definition) is 1. The van der Waals surface area contributed by atoms with Gasteiger partial charge in [-0.2, -0.15) is 13.2 Å². The van der Waals surface area contributed by atoms with E-state index in [4.69, 9.17) is 5.73 Å². The second-order valence-electron chi connectivity index (χ2n) is 2.10. The molecule has 0 bridgehead atoms. The van der Waals surface area contributed by atoms with Gasteiger partial charge in [-0.05, 0) is 6.42 Å². The Labute approximate surface area is 57.7 Å². The van der Waals surface area contributed by atoms with Crippen LogP contribution in [-0.2, 0) is 0 Å². The van der Waals surface area contributed by atoms with Crippen molar-refractivity contribution in [2.45, 2.75) is 25.1 Å². The van der Waals surface area contributed by atoms with Gasteiger partial charge in [-0.25, -0.2) is 0 Å². The minimum Gasteiger partial charge on any atom is -0.327 e. The quantitative estimate of drug-likeness (QED) is 0.615. The van der Waals surface area contributed by atoms with Crippen LogP contribution in [0.1, 0.15) is 12.8 Å². The van der Waals surface area contributed by atoms with E-state index < -0.39 is 18.6 Å². The molecule has 1 unspecified atom stereocenters. The van der Waals surface area contributed by atoms with E-state index in [9.17, 15) is 13.2 Å². The molecule has 60 valence electrons. The highest BCUT2D eigenvalue weighted by Crippen LogP contribution is 2.21. The molecule has 1 atom stereocenters. The summed E-state index contributed by atoms with van der Waals surface area (Å²) in [7, 11) is 0. The summed E-state index contributed by atoms with van der Waals surface area (Å²) in [5, 5.41) is 0. The van der Waals surface area contributed by atoms with Gasteiger partial charge in [0, 0.05) is 6.04 Å². The fourth-order valence-corrected chi connectivity index (χ4v) is 0.595. The predicted octanol–water partition coefficient (Wildman–Crippen LogP) is 1.84. The van der Waals surface area contributed by atoms with Crippen LogP contribution in [-0.4, -0.2) is 12.2 Å². The zero-order valence-electron chi connectivity index (χ0n) is 5.49. The molecule has 0 radical (unpaired) electrons. The van der Waals surface area contributed by atoms with E-state index in [0.717, 1.165) is 0 Å². The minimum absolute atomic E-state index is 0.208. The van der Waals surface area contributed by atoms with Gasteiger partial charge in [0.1, 0.15) is 0 Å². The molecule has 0 rings (SSSR count). The SMILES string of the molecule is C=CCC(N)CC(F)(F)F. The summed E-state index contributed by atoms with van der Waals surface area (Å²) < 4.78 is 34.5. The van der Waals surface area contributed by atoms with Gasteiger partial charge in [0.15, 0.2) is 0 Å². The van der Waals surface area contributed by atoms with Crippen LogP contribution in [0, 0.1) is 0 Å². The highest BCUT2D eigenvalue weighted by Gasteiger charge is 2.29. The molecule has 0 aliphatic carbocycles. The van der Waals surface area contributed by atoms with E-state index >= 15 is 0 Å². The number of nitrogens with two attached hydrogens (primary N) is 1. The van der Waals surface area contributed by atoms with Gasteiger partial charge in [-0.3, -0.25) is 0 Å². The second kappa shape index (κ2) is 3.61. The lowest BCUT2D eigenvalue weighted by molar-refractivity contribution is -0.137. The summed E-state index contributed by atoms with van der Waals surface area (Å²) in [5.41, 5.74) is 5.08. The largest absolute Gasteiger partial charge is 0.390 e. The van der Waals surface area contributed by atoms with Crippen molar-refractivity contribution in [1.29, 1.82) is 0 Å². The van der Waals surface area contributed by atoms with Crippen LogP contribution in [0.2, 0.25) is 0 Å². The van der Waals surface area contributed by atoms with Crippen molar-refractivity contribution in [3.63, 3.8) is 0 Å². The molecular formula is C6H10F3N. The van der Waals surface area contributed by atoms with Gasteiger partial charge in [0.2, 0.25) is 0 Å². The highest BCUT2D eigenvalue weighted by molar-refractivity contribution is 4.76. The topological polar surface area (TPSA) is 26.0 Å². The molecule has 0 aromatic carbocycles. The van der Waals surface area contributed by atoms with E-state index in [-0.39, 0.29) is 6.42 Å². The molecule has 0 amide bonds. The van der Waals surface area contributed by atoms with Crippen molar-refractivity contribution < 1.29 is 13.2 Å². The van der Waals surface area contributed by atoms with Gasteiger partial charge in [-0.1, -0.05) is 6.08 Å². The van der Waals surface area contributed by atoms with Crippen LogP contribution in [0.5, 0.6) is 0 Å². The van der Waals surface area contributed by atoms with Gasteiger partial charge in [0.05, 0.1) is 6.42 Å². The van der Waals surface area contributed by atoms with Crippen molar-refractivity contribution in [2.75, 3.05) is 0 Å². The standard InChI is InChI=1S/C6H10F3N/c1-2-3-5(10)4-6(7,8)9/h2,5H,1,3-4,10H2. The second-order valence-corrected chi connectivity index (χ2v) is 2.10. The summed E-state index contributed by atoms with van der Waals surface area (Å²) in [6.45, 7) is 3.28. The lowest BCUT2D eigenvalue weighted by Crippen LogP contribution is -2.26. The third-order valence-electron chi connectivity index (χ3n) is 0.963. The normalized spacial score (nSPS) is 14.8. The molecule has 0 saturated carbocycles. The molecule has 2 N–H and O–H groups in total. The molecule has 1 nitrogen and oxygen atoms in total. The lowest BCUT2D eigenvalue weighted by atomic mass is 10.1. The lowest BCUT2D eigenvalue weighted by Gasteiger charge is -2.10. The Morgan fingerprint density at radius 3 is 2.30 bits per heavy atom. The fourth-order valence-electron chi connectivity index (χ4n) is 0.595. The number of halogens is 3. The number of hydrogen-bond donors (Lipinski definition) is 1. The maximum atomic E-state index is 11.5. The molecule has 0 aliphatic heterocycles. The van der Waals surface area contributed by atoms with Crippen LogP contribution >= 0.6 is 0 Å². The molecule has 4 heteroatoms. The zero-order valence-corrected chi connectivity index (χ0v) is 5.49. The maximum Gasteiger partial charge on any atom is 0.390 e. The summed E-state index contributed by atoms with van der Waals surface area (Å²) in [5.74, 6) is 0. The van der Waals surface area contributed by atoms with Crippen LogP contribution in [0.3, 0.4) is 0 Å². The Balaban J connectivity index is 3.56. The summed E-state index contributed by atoms with van der Waals surface area (Å²) in [4.78, 5) is 0. The molecule has 0 saturated heterocycles. The van der Waals surface area contributed by atoms with Gasteiger partial charge < -0.3 is 5.73 Å². The van der Waals surface area contributed by atoms with E-state index in [1.165, 1.54) is 6.08 Å². The van der Waals surface area contributed by atoms with E-state index in [1.54, 1.807) is 0 Å². The van der Waals surface area contributed by atoms with E-state index in [0.29, 0.717) is 0 Å². The Bertz CT molecular complexity index is 108. The van der Waals surface area contributed by atoms with Crippen molar-refractivity contribution in [2.24, 2.45) is 5.73 Å². The summed E-state index contributed by atoms with van der Waals surface area (Å²) >= 11 is 0. The third kappa shape index (κ3) is 5.62. The Morgan fingerprint density at radius 1 is 1.50 bits per heavy atom. The average molecular weight is 153 g/mol. The smallest absolute Gasteiger partial charge is 0.327 e. The Morgan fingerprint density at radius 2 is 2.00 bits per heavy atom. The number of alkyl halides is 3. The maximum absolute atomic E-state index is 11.5. The fraction of sp³-hybridized carbons (Fsp3) is 0.667. The van der Waals surface area contributed by atoms with Crippen molar-refractivity contribution in [1.82, 2.24) is 0 Å². The van der Waals surface area contributed by atoms with Gasteiger partial charge >= 0.3 is 6.18 Å². The first-order valence-corrected chi connectivity index (χ1v) is 2.89. The third-order valence-corrected chi connectivity index (χ3v) is 0.963. The summed E-state index contributed by atoms with van der Waals surface area (Å²) in [6, 6.07) is -0.836. The molecule has 0 fully saturated rings. The first-order valence-electron chi connectivity index (χ1n) is 2.89.